The molecular weight excluding hydrogens is 312 g/mol. The summed E-state index contributed by atoms with van der Waals surface area (Å²) in [5.74, 6) is 0. The summed E-state index contributed by atoms with van der Waals surface area (Å²) >= 11 is 3.58. The van der Waals surface area contributed by atoms with E-state index in [9.17, 15) is 0 Å². The highest BCUT2D eigenvalue weighted by molar-refractivity contribution is 9.10. The third kappa shape index (κ3) is 1.74. The molecule has 2 aromatic carbocycles. The van der Waals surface area contributed by atoms with Crippen LogP contribution >= 0.6 is 15.9 Å². The Balaban J connectivity index is 1.99. The molecule has 0 saturated heterocycles. The largest absolute Gasteiger partial charge is 0.360 e. The number of rotatable bonds is 1. The van der Waals surface area contributed by atoms with E-state index < -0.39 is 0 Å². The molecule has 2 heterocycles. The van der Waals surface area contributed by atoms with Crippen LogP contribution in [-0.4, -0.2) is 9.97 Å². The van der Waals surface area contributed by atoms with Crippen molar-refractivity contribution in [2.45, 2.75) is 0 Å². The van der Waals surface area contributed by atoms with E-state index in [0.717, 1.165) is 26.5 Å². The second-order valence-corrected chi connectivity index (χ2v) is 5.64. The topological polar surface area (TPSA) is 28.7 Å². The highest BCUT2D eigenvalue weighted by Crippen LogP contribution is 2.32. The molecule has 3 heteroatoms. The molecule has 0 atom stereocenters. The van der Waals surface area contributed by atoms with Crippen molar-refractivity contribution in [3.8, 4) is 11.1 Å². The summed E-state index contributed by atoms with van der Waals surface area (Å²) in [7, 11) is 0. The van der Waals surface area contributed by atoms with Crippen LogP contribution in [-0.2, 0) is 0 Å². The maximum Gasteiger partial charge on any atom is 0.0702 e. The zero-order valence-electron chi connectivity index (χ0n) is 10.6. The van der Waals surface area contributed by atoms with Gasteiger partial charge < -0.3 is 4.98 Å². The average molecular weight is 323 g/mol. The maximum absolute atomic E-state index is 4.54. The highest BCUT2D eigenvalue weighted by atomic mass is 79.9. The van der Waals surface area contributed by atoms with Crippen LogP contribution in [0.5, 0.6) is 0 Å². The maximum atomic E-state index is 4.54. The third-order valence-electron chi connectivity index (χ3n) is 3.57. The van der Waals surface area contributed by atoms with Gasteiger partial charge in [-0.05, 0) is 34.1 Å². The predicted molar refractivity (Wildman–Crippen MR) is 86.7 cm³/mol. The van der Waals surface area contributed by atoms with Crippen LogP contribution < -0.4 is 0 Å². The zero-order valence-corrected chi connectivity index (χ0v) is 12.2. The van der Waals surface area contributed by atoms with Gasteiger partial charge in [-0.15, -0.1) is 0 Å². The molecule has 0 aliphatic heterocycles. The summed E-state index contributed by atoms with van der Waals surface area (Å²) in [4.78, 5) is 7.87. The van der Waals surface area contributed by atoms with Crippen LogP contribution in [0.15, 0.2) is 65.4 Å². The molecule has 0 bridgehead atoms. The molecule has 0 radical (unpaired) electrons. The fraction of sp³-hybridized carbons (Fsp3) is 0. The number of para-hydroxylation sites is 2. The van der Waals surface area contributed by atoms with Gasteiger partial charge in [0.05, 0.1) is 11.0 Å². The monoisotopic (exact) mass is 322 g/mol. The number of aromatic amines is 1. The van der Waals surface area contributed by atoms with Gasteiger partial charge in [0.15, 0.2) is 0 Å². The Morgan fingerprint density at radius 2 is 1.90 bits per heavy atom. The van der Waals surface area contributed by atoms with Gasteiger partial charge in [-0.1, -0.05) is 30.3 Å². The molecule has 2 aromatic heterocycles. The third-order valence-corrected chi connectivity index (χ3v) is 4.23. The van der Waals surface area contributed by atoms with Crippen LogP contribution in [0.3, 0.4) is 0 Å². The van der Waals surface area contributed by atoms with Gasteiger partial charge in [0.1, 0.15) is 0 Å². The first kappa shape index (κ1) is 11.7. The molecule has 0 spiro atoms. The van der Waals surface area contributed by atoms with Crippen molar-refractivity contribution in [3.63, 3.8) is 0 Å². The van der Waals surface area contributed by atoms with Gasteiger partial charge in [0.2, 0.25) is 0 Å². The quantitative estimate of drug-likeness (QED) is 0.516. The molecule has 20 heavy (non-hydrogen) atoms. The SMILES string of the molecule is Brc1cccc2c(-c3cnc4ccccc4c3)c[nH]c12. The summed E-state index contributed by atoms with van der Waals surface area (Å²) in [5.41, 5.74) is 4.46. The number of hydrogen-bond donors (Lipinski definition) is 1. The summed E-state index contributed by atoms with van der Waals surface area (Å²) in [6.07, 6.45) is 3.98. The number of H-pyrrole nitrogens is 1. The molecule has 2 nitrogen and oxygen atoms in total. The fourth-order valence-electron chi connectivity index (χ4n) is 2.57. The number of fused-ring (bicyclic) bond motifs is 2. The van der Waals surface area contributed by atoms with E-state index in [0.29, 0.717) is 0 Å². The van der Waals surface area contributed by atoms with Crippen molar-refractivity contribution in [1.29, 1.82) is 0 Å². The van der Waals surface area contributed by atoms with Crippen LogP contribution in [0, 0.1) is 0 Å². The summed E-state index contributed by atoms with van der Waals surface area (Å²) in [6.45, 7) is 0. The summed E-state index contributed by atoms with van der Waals surface area (Å²) in [5, 5.41) is 2.37. The number of halogens is 1. The number of nitrogens with one attached hydrogen (secondary N) is 1. The Hall–Kier alpha value is -2.13. The summed E-state index contributed by atoms with van der Waals surface area (Å²) in [6, 6.07) is 16.6. The molecule has 0 unspecified atom stereocenters. The van der Waals surface area contributed by atoms with Gasteiger partial charge in [-0.2, -0.15) is 0 Å². The lowest BCUT2D eigenvalue weighted by Gasteiger charge is -2.02. The van der Waals surface area contributed by atoms with E-state index in [1.54, 1.807) is 0 Å². The minimum Gasteiger partial charge on any atom is -0.360 e. The van der Waals surface area contributed by atoms with Gasteiger partial charge >= 0.3 is 0 Å². The normalized spacial score (nSPS) is 11.2. The molecule has 0 fully saturated rings. The smallest absolute Gasteiger partial charge is 0.0702 e. The van der Waals surface area contributed by atoms with Crippen molar-refractivity contribution in [2.24, 2.45) is 0 Å². The molecular formula is C17H11BrN2. The number of hydrogen-bond acceptors (Lipinski definition) is 1. The lowest BCUT2D eigenvalue weighted by atomic mass is 10.0. The Kier molecular flexibility index (Phi) is 2.60. The first-order valence-corrected chi connectivity index (χ1v) is 7.23. The molecule has 96 valence electrons. The van der Waals surface area contributed by atoms with Crippen LogP contribution in [0.25, 0.3) is 32.9 Å². The van der Waals surface area contributed by atoms with E-state index in [1.165, 1.54) is 10.9 Å². The lowest BCUT2D eigenvalue weighted by molar-refractivity contribution is 1.40. The molecule has 4 rings (SSSR count). The van der Waals surface area contributed by atoms with Crippen LogP contribution in [0.4, 0.5) is 0 Å². The predicted octanol–water partition coefficient (Wildman–Crippen LogP) is 5.15. The first-order chi connectivity index (χ1) is 9.83. The Morgan fingerprint density at radius 1 is 1.00 bits per heavy atom. The van der Waals surface area contributed by atoms with E-state index in [-0.39, 0.29) is 0 Å². The number of benzene rings is 2. The van der Waals surface area contributed by atoms with Crippen molar-refractivity contribution >= 4 is 37.7 Å². The van der Waals surface area contributed by atoms with Crippen molar-refractivity contribution < 1.29 is 0 Å². The van der Waals surface area contributed by atoms with Crippen LogP contribution in [0.1, 0.15) is 0 Å². The van der Waals surface area contributed by atoms with Crippen LogP contribution in [0.2, 0.25) is 0 Å². The molecule has 1 N–H and O–H groups in total. The minimum atomic E-state index is 1.03. The van der Waals surface area contributed by atoms with E-state index in [2.05, 4.69) is 50.2 Å². The van der Waals surface area contributed by atoms with E-state index >= 15 is 0 Å². The number of pyridine rings is 1. The van der Waals surface area contributed by atoms with Crippen molar-refractivity contribution in [3.05, 3.63) is 65.4 Å². The van der Waals surface area contributed by atoms with Crippen molar-refractivity contribution in [2.75, 3.05) is 0 Å². The van der Waals surface area contributed by atoms with Gasteiger partial charge in [0.25, 0.3) is 0 Å². The molecule has 0 saturated carbocycles. The number of aromatic nitrogens is 2. The van der Waals surface area contributed by atoms with Gasteiger partial charge in [-0.25, -0.2) is 0 Å². The van der Waals surface area contributed by atoms with Gasteiger partial charge in [0, 0.05) is 38.8 Å². The molecule has 0 amide bonds. The molecule has 0 aliphatic carbocycles. The Bertz CT molecular complexity index is 924. The first-order valence-electron chi connectivity index (χ1n) is 6.44. The Labute approximate surface area is 124 Å². The summed E-state index contributed by atoms with van der Waals surface area (Å²) < 4.78 is 1.08. The lowest BCUT2D eigenvalue weighted by Crippen LogP contribution is -1.81. The molecule has 0 aliphatic rings. The van der Waals surface area contributed by atoms with E-state index in [1.807, 2.05) is 36.7 Å². The highest BCUT2D eigenvalue weighted by Gasteiger charge is 2.08. The second-order valence-electron chi connectivity index (χ2n) is 4.78. The standard InChI is InChI=1S/C17H11BrN2/c18-15-6-3-5-13-14(10-20-17(13)15)12-8-11-4-1-2-7-16(11)19-9-12/h1-10,20H. The van der Waals surface area contributed by atoms with Crippen molar-refractivity contribution in [1.82, 2.24) is 9.97 Å². The van der Waals surface area contributed by atoms with Gasteiger partial charge in [-0.3, -0.25) is 4.98 Å². The zero-order chi connectivity index (χ0) is 13.5. The number of nitrogens with zero attached hydrogens (tertiary/aromatic N) is 1. The Morgan fingerprint density at radius 3 is 2.85 bits per heavy atom. The van der Waals surface area contributed by atoms with E-state index in [4.69, 9.17) is 0 Å². The molecule has 4 aromatic rings. The fourth-order valence-corrected chi connectivity index (χ4v) is 3.06. The average Bonchev–Trinajstić information content (AvgIpc) is 2.92. The second kappa shape index (κ2) is 4.46. The minimum absolute atomic E-state index is 1.03.